The zero-order chi connectivity index (χ0) is 37.9. The maximum Gasteiger partial charge on any atom is 0.164 e. The van der Waals surface area contributed by atoms with Gasteiger partial charge in [-0.2, -0.15) is 0 Å². The fourth-order valence-electron chi connectivity index (χ4n) is 10.3. The Morgan fingerprint density at radius 1 is 0.719 bits per heavy atom. The van der Waals surface area contributed by atoms with E-state index < -0.39 is 0 Å². The first-order chi connectivity index (χ1) is 28.2. The molecule has 5 nitrogen and oxygen atoms in total. The van der Waals surface area contributed by atoms with Gasteiger partial charge in [0, 0.05) is 46.0 Å². The molecular weight excluding hydrogens is 697 g/mol. The van der Waals surface area contributed by atoms with Gasteiger partial charge in [0.25, 0.3) is 0 Å². The molecule has 5 heteroatoms. The van der Waals surface area contributed by atoms with E-state index in [1.807, 2.05) is 0 Å². The number of rotatable bonds is 6. The fourth-order valence-corrected chi connectivity index (χ4v) is 10.3. The molecule has 6 unspecified atom stereocenters. The van der Waals surface area contributed by atoms with Crippen molar-refractivity contribution in [3.63, 3.8) is 0 Å². The highest BCUT2D eigenvalue weighted by Crippen LogP contribution is 2.54. The number of ether oxygens (including phenoxy) is 1. The second-order valence-electron chi connectivity index (χ2n) is 16.5. The van der Waals surface area contributed by atoms with E-state index >= 15 is 0 Å². The van der Waals surface area contributed by atoms with Crippen LogP contribution in [0.1, 0.15) is 79.3 Å². The molecule has 2 aliphatic heterocycles. The highest BCUT2D eigenvalue weighted by Gasteiger charge is 2.47. The molecule has 11 rings (SSSR count). The number of benzene rings is 3. The van der Waals surface area contributed by atoms with Crippen LogP contribution in [-0.4, -0.2) is 27.1 Å². The Hall–Kier alpha value is -6.07. The number of para-hydroxylation sites is 1. The molecule has 57 heavy (non-hydrogen) atoms. The van der Waals surface area contributed by atoms with Crippen LogP contribution in [0, 0.1) is 11.8 Å². The van der Waals surface area contributed by atoms with Crippen molar-refractivity contribution in [1.82, 2.24) is 15.0 Å². The number of hydrogen-bond acceptors (Lipinski definition) is 5. The molecule has 0 saturated heterocycles. The molecule has 280 valence electrons. The van der Waals surface area contributed by atoms with E-state index in [9.17, 15) is 0 Å². The molecule has 0 N–H and O–H groups in total. The molecular formula is C52H46N4O. The lowest BCUT2D eigenvalue weighted by atomic mass is 9.75. The summed E-state index contributed by atoms with van der Waals surface area (Å²) in [6, 6.07) is 24.4. The zero-order valence-corrected chi connectivity index (χ0v) is 32.3. The topological polar surface area (TPSA) is 51.1 Å². The van der Waals surface area contributed by atoms with Crippen molar-refractivity contribution in [2.45, 2.75) is 68.9 Å². The third-order valence-electron chi connectivity index (χ3n) is 13.1. The average Bonchev–Trinajstić information content (AvgIpc) is 3.83. The number of hydrogen-bond donors (Lipinski definition) is 0. The van der Waals surface area contributed by atoms with E-state index in [-0.39, 0.29) is 24.0 Å². The highest BCUT2D eigenvalue weighted by molar-refractivity contribution is 5.75. The van der Waals surface area contributed by atoms with Crippen LogP contribution in [0.25, 0.3) is 28.3 Å². The van der Waals surface area contributed by atoms with Gasteiger partial charge in [-0.25, -0.2) is 15.0 Å². The van der Waals surface area contributed by atoms with Crippen LogP contribution in [0.4, 0.5) is 5.69 Å². The summed E-state index contributed by atoms with van der Waals surface area (Å²) in [6.45, 7) is 2.35. The molecule has 7 aliphatic rings. The maximum atomic E-state index is 7.09. The normalized spacial score (nSPS) is 27.6. The summed E-state index contributed by atoms with van der Waals surface area (Å²) in [7, 11) is 0. The number of nitrogens with zero attached hydrogens (tertiary/aromatic N) is 4. The van der Waals surface area contributed by atoms with Crippen molar-refractivity contribution < 1.29 is 4.74 Å². The number of aromatic nitrogens is 3. The second kappa shape index (κ2) is 14.1. The minimum atomic E-state index is -0.171. The Morgan fingerprint density at radius 2 is 1.58 bits per heavy atom. The smallest absolute Gasteiger partial charge is 0.164 e. The van der Waals surface area contributed by atoms with Gasteiger partial charge in [0.1, 0.15) is 17.7 Å². The quantitative estimate of drug-likeness (QED) is 0.184. The van der Waals surface area contributed by atoms with Crippen LogP contribution in [0.2, 0.25) is 0 Å². The summed E-state index contributed by atoms with van der Waals surface area (Å²) in [5, 5.41) is 0. The SMILES string of the molecule is CC1C=CC=CC1C1=CC2C(CC1)c1ccccc1N2C1=CC=C[C@@H]2c3c(cccc3-c3nc(-c4cccc(C5=CC=CCC5)c4)nc(C4C=CC=CC4)n3)OC12. The minimum absolute atomic E-state index is 0.0108. The highest BCUT2D eigenvalue weighted by atomic mass is 16.5. The summed E-state index contributed by atoms with van der Waals surface area (Å²) in [4.78, 5) is 18.3. The summed E-state index contributed by atoms with van der Waals surface area (Å²) in [5.41, 5.74) is 11.3. The molecule has 3 aromatic carbocycles. The molecule has 4 aromatic rings. The van der Waals surface area contributed by atoms with Crippen molar-refractivity contribution in [1.29, 1.82) is 0 Å². The van der Waals surface area contributed by atoms with E-state index in [0.29, 0.717) is 29.4 Å². The number of allylic oxidation sites excluding steroid dienone is 15. The van der Waals surface area contributed by atoms with Crippen LogP contribution in [0.3, 0.4) is 0 Å². The molecule has 3 heterocycles. The van der Waals surface area contributed by atoms with Gasteiger partial charge in [0.15, 0.2) is 11.6 Å². The average molecular weight is 743 g/mol. The standard InChI is InChI=1S/C52H46N4O/c1-33-15-8-9-22-39(33)37-29-30-41-40-23-10-11-26-44(40)56(46(41)32-37)45-27-13-24-42-48-43(25-14-28-47(48)57-49(42)45)52-54-50(35-18-6-3-7-19-35)53-51(55-52)38-21-12-20-36(31-38)34-16-4-2-5-17-34/h2-4,6-16,18,20-28,31-33,35,39,41-42,46,49H,5,17,19,29-30H2,1H3/t33?,35?,39?,41?,42-,46?,49?/m1/s1. The molecule has 0 fully saturated rings. The lowest BCUT2D eigenvalue weighted by Gasteiger charge is -2.38. The molecule has 1 aromatic heterocycles. The largest absolute Gasteiger partial charge is 0.483 e. The number of fused-ring (bicyclic) bond motifs is 6. The van der Waals surface area contributed by atoms with Gasteiger partial charge in [-0.1, -0.05) is 146 Å². The van der Waals surface area contributed by atoms with E-state index in [4.69, 9.17) is 19.7 Å². The summed E-state index contributed by atoms with van der Waals surface area (Å²) < 4.78 is 7.09. The molecule has 0 saturated carbocycles. The van der Waals surface area contributed by atoms with Crippen LogP contribution < -0.4 is 9.64 Å². The van der Waals surface area contributed by atoms with Gasteiger partial charge < -0.3 is 9.64 Å². The van der Waals surface area contributed by atoms with Crippen LogP contribution in [-0.2, 0) is 0 Å². The molecule has 5 aliphatic carbocycles. The van der Waals surface area contributed by atoms with Crippen molar-refractivity contribution in [3.8, 4) is 28.5 Å². The summed E-state index contributed by atoms with van der Waals surface area (Å²) in [5.74, 6) is 4.59. The fraction of sp³-hybridized carbons (Fsp3) is 0.250. The van der Waals surface area contributed by atoms with E-state index in [2.05, 4.69) is 170 Å². The van der Waals surface area contributed by atoms with Crippen LogP contribution >= 0.6 is 0 Å². The van der Waals surface area contributed by atoms with Gasteiger partial charge in [-0.15, -0.1) is 0 Å². The maximum absolute atomic E-state index is 7.09. The van der Waals surface area contributed by atoms with Crippen molar-refractivity contribution in [2.24, 2.45) is 11.8 Å². The third kappa shape index (κ3) is 5.94. The Labute approximate surface area is 335 Å². The first-order valence-electron chi connectivity index (χ1n) is 20.9. The van der Waals surface area contributed by atoms with E-state index in [1.165, 1.54) is 28.1 Å². The van der Waals surface area contributed by atoms with Gasteiger partial charge in [-0.05, 0) is 79.0 Å². The minimum Gasteiger partial charge on any atom is -0.483 e. The van der Waals surface area contributed by atoms with E-state index in [0.717, 1.165) is 60.4 Å². The molecule has 0 amide bonds. The lowest BCUT2D eigenvalue weighted by molar-refractivity contribution is 0.249. The Kier molecular flexibility index (Phi) is 8.49. The third-order valence-corrected chi connectivity index (χ3v) is 13.1. The Morgan fingerprint density at radius 3 is 2.47 bits per heavy atom. The predicted molar refractivity (Wildman–Crippen MR) is 231 cm³/mol. The van der Waals surface area contributed by atoms with Crippen LogP contribution in [0.5, 0.6) is 5.75 Å². The van der Waals surface area contributed by atoms with E-state index in [1.54, 1.807) is 5.57 Å². The second-order valence-corrected chi connectivity index (χ2v) is 16.5. The Bertz CT molecular complexity index is 2560. The molecule has 0 spiro atoms. The summed E-state index contributed by atoms with van der Waals surface area (Å²) in [6.07, 6.45) is 39.0. The first-order valence-corrected chi connectivity index (χ1v) is 20.9. The zero-order valence-electron chi connectivity index (χ0n) is 32.3. The molecule has 7 atom stereocenters. The predicted octanol–water partition coefficient (Wildman–Crippen LogP) is 11.9. The summed E-state index contributed by atoms with van der Waals surface area (Å²) >= 11 is 0. The monoisotopic (exact) mass is 742 g/mol. The van der Waals surface area contributed by atoms with Crippen molar-refractivity contribution in [2.75, 3.05) is 4.90 Å². The Balaban J connectivity index is 0.984. The van der Waals surface area contributed by atoms with Crippen LogP contribution in [0.15, 0.2) is 169 Å². The lowest BCUT2D eigenvalue weighted by Crippen LogP contribution is -2.41. The van der Waals surface area contributed by atoms with Gasteiger partial charge in [-0.3, -0.25) is 0 Å². The van der Waals surface area contributed by atoms with Gasteiger partial charge in [0.2, 0.25) is 0 Å². The molecule has 0 radical (unpaired) electrons. The number of anilines is 1. The van der Waals surface area contributed by atoms with Gasteiger partial charge in [0.05, 0.1) is 11.7 Å². The van der Waals surface area contributed by atoms with Crippen molar-refractivity contribution in [3.05, 3.63) is 192 Å². The van der Waals surface area contributed by atoms with Crippen molar-refractivity contribution >= 4 is 11.3 Å². The van der Waals surface area contributed by atoms with Gasteiger partial charge >= 0.3 is 0 Å². The molecule has 0 bridgehead atoms. The first kappa shape index (κ1) is 34.2.